The van der Waals surface area contributed by atoms with Crippen LogP contribution in [-0.4, -0.2) is 22.1 Å². The molecule has 19 heavy (non-hydrogen) atoms. The van der Waals surface area contributed by atoms with Crippen LogP contribution in [0.5, 0.6) is 0 Å². The van der Waals surface area contributed by atoms with Crippen molar-refractivity contribution in [2.75, 3.05) is 0 Å². The van der Waals surface area contributed by atoms with Gasteiger partial charge in [0.1, 0.15) is 6.04 Å². The van der Waals surface area contributed by atoms with Crippen LogP contribution in [0.25, 0.3) is 10.9 Å². The molecule has 0 spiro atoms. The Kier molecular flexibility index (Phi) is 4.02. The van der Waals surface area contributed by atoms with Crippen molar-refractivity contribution in [1.82, 2.24) is 10.3 Å². The summed E-state index contributed by atoms with van der Waals surface area (Å²) in [4.78, 5) is 15.2. The van der Waals surface area contributed by atoms with Gasteiger partial charge in [0.2, 0.25) is 0 Å². The highest BCUT2D eigenvalue weighted by Gasteiger charge is 2.13. The summed E-state index contributed by atoms with van der Waals surface area (Å²) in [5, 5.41) is 13.3. The van der Waals surface area contributed by atoms with Gasteiger partial charge in [-0.05, 0) is 25.5 Å². The topological polar surface area (TPSA) is 62.2 Å². The Labute approximate surface area is 116 Å². The van der Waals surface area contributed by atoms with Crippen LogP contribution in [0.2, 0.25) is 5.02 Å². The van der Waals surface area contributed by atoms with Gasteiger partial charge in [0, 0.05) is 11.9 Å². The highest BCUT2D eigenvalue weighted by atomic mass is 35.5. The van der Waals surface area contributed by atoms with Gasteiger partial charge in [0.05, 0.1) is 16.2 Å². The molecular formula is C14H15ClN2O2. The standard InChI is InChI=1S/C14H15ClN2O2/c1-8-10-5-3-4-6-11(10)17-12(13(8)15)7-16-9(2)14(18)19/h3-6,9,16H,7H2,1-2H3,(H,18,19)/t9-/m0/s1. The summed E-state index contributed by atoms with van der Waals surface area (Å²) in [5.41, 5.74) is 2.50. The molecule has 0 amide bonds. The lowest BCUT2D eigenvalue weighted by Crippen LogP contribution is -2.33. The number of aromatic nitrogens is 1. The third kappa shape index (κ3) is 2.85. The maximum atomic E-state index is 10.8. The Hall–Kier alpha value is -1.65. The second-order valence-electron chi connectivity index (χ2n) is 4.46. The molecule has 0 radical (unpaired) electrons. The molecule has 0 aliphatic carbocycles. The summed E-state index contributed by atoms with van der Waals surface area (Å²) < 4.78 is 0. The van der Waals surface area contributed by atoms with Crippen molar-refractivity contribution in [2.45, 2.75) is 26.4 Å². The van der Waals surface area contributed by atoms with Crippen molar-refractivity contribution in [3.63, 3.8) is 0 Å². The molecule has 5 heteroatoms. The van der Waals surface area contributed by atoms with E-state index in [4.69, 9.17) is 16.7 Å². The number of carboxylic acids is 1. The molecule has 0 aliphatic rings. The number of para-hydroxylation sites is 1. The van der Waals surface area contributed by atoms with Crippen molar-refractivity contribution in [3.8, 4) is 0 Å². The first-order valence-corrected chi connectivity index (χ1v) is 6.38. The molecule has 100 valence electrons. The van der Waals surface area contributed by atoms with Crippen LogP contribution in [0.3, 0.4) is 0 Å². The molecule has 4 nitrogen and oxygen atoms in total. The van der Waals surface area contributed by atoms with Crippen LogP contribution < -0.4 is 5.32 Å². The number of aliphatic carboxylic acids is 1. The summed E-state index contributed by atoms with van der Waals surface area (Å²) in [6, 6.07) is 7.12. The van der Waals surface area contributed by atoms with Crippen LogP contribution in [0, 0.1) is 6.92 Å². The molecule has 2 N–H and O–H groups in total. The van der Waals surface area contributed by atoms with E-state index >= 15 is 0 Å². The maximum absolute atomic E-state index is 10.8. The summed E-state index contributed by atoms with van der Waals surface area (Å²) in [6.07, 6.45) is 0. The Balaban J connectivity index is 2.33. The molecule has 0 aliphatic heterocycles. The van der Waals surface area contributed by atoms with Crippen molar-refractivity contribution in [3.05, 3.63) is 40.5 Å². The average molecular weight is 279 g/mol. The van der Waals surface area contributed by atoms with Gasteiger partial charge >= 0.3 is 5.97 Å². The predicted octanol–water partition coefficient (Wildman–Crippen LogP) is 2.76. The average Bonchev–Trinajstić information content (AvgIpc) is 2.40. The lowest BCUT2D eigenvalue weighted by atomic mass is 10.1. The molecule has 2 rings (SSSR count). The van der Waals surface area contributed by atoms with Gasteiger partial charge in [0.15, 0.2) is 0 Å². The molecule has 0 unspecified atom stereocenters. The van der Waals surface area contributed by atoms with Gasteiger partial charge in [-0.1, -0.05) is 29.8 Å². The van der Waals surface area contributed by atoms with Gasteiger partial charge in [-0.3, -0.25) is 10.1 Å². The van der Waals surface area contributed by atoms with E-state index < -0.39 is 12.0 Å². The third-order valence-corrected chi connectivity index (χ3v) is 3.59. The fourth-order valence-electron chi connectivity index (χ4n) is 1.87. The highest BCUT2D eigenvalue weighted by molar-refractivity contribution is 6.32. The number of hydrogen-bond acceptors (Lipinski definition) is 3. The van der Waals surface area contributed by atoms with E-state index in [-0.39, 0.29) is 0 Å². The van der Waals surface area contributed by atoms with Crippen LogP contribution in [0.4, 0.5) is 0 Å². The molecule has 1 aromatic heterocycles. The Morgan fingerprint density at radius 2 is 2.16 bits per heavy atom. The number of fused-ring (bicyclic) bond motifs is 1. The molecule has 1 atom stereocenters. The van der Waals surface area contributed by atoms with Crippen LogP contribution in [-0.2, 0) is 11.3 Å². The fourth-order valence-corrected chi connectivity index (χ4v) is 2.08. The molecule has 0 saturated heterocycles. The number of carbonyl (C=O) groups is 1. The lowest BCUT2D eigenvalue weighted by molar-refractivity contribution is -0.139. The Morgan fingerprint density at radius 1 is 1.47 bits per heavy atom. The number of nitrogens with zero attached hydrogens (tertiary/aromatic N) is 1. The highest BCUT2D eigenvalue weighted by Crippen LogP contribution is 2.26. The summed E-state index contributed by atoms with van der Waals surface area (Å²) >= 11 is 6.29. The van der Waals surface area contributed by atoms with Crippen LogP contribution in [0.1, 0.15) is 18.2 Å². The molecule has 0 bridgehead atoms. The lowest BCUT2D eigenvalue weighted by Gasteiger charge is -2.12. The van der Waals surface area contributed by atoms with Crippen molar-refractivity contribution in [1.29, 1.82) is 0 Å². The summed E-state index contributed by atoms with van der Waals surface area (Å²) in [7, 11) is 0. The minimum atomic E-state index is -0.895. The molecular weight excluding hydrogens is 264 g/mol. The van der Waals surface area contributed by atoms with Gasteiger partial charge in [-0.15, -0.1) is 0 Å². The minimum absolute atomic E-state index is 0.331. The van der Waals surface area contributed by atoms with Crippen molar-refractivity contribution >= 4 is 28.5 Å². The van der Waals surface area contributed by atoms with E-state index in [9.17, 15) is 4.79 Å². The largest absolute Gasteiger partial charge is 0.480 e. The minimum Gasteiger partial charge on any atom is -0.480 e. The Bertz CT molecular complexity index is 628. The SMILES string of the molecule is Cc1c(Cl)c(CN[C@@H](C)C(=O)O)nc2ccccc12. The molecule has 0 fully saturated rings. The summed E-state index contributed by atoms with van der Waals surface area (Å²) in [6.45, 7) is 3.86. The predicted molar refractivity (Wildman–Crippen MR) is 75.4 cm³/mol. The number of hydrogen-bond donors (Lipinski definition) is 2. The Morgan fingerprint density at radius 3 is 2.84 bits per heavy atom. The number of pyridine rings is 1. The fraction of sp³-hybridized carbons (Fsp3) is 0.286. The molecule has 1 heterocycles. The monoisotopic (exact) mass is 278 g/mol. The number of benzene rings is 1. The van der Waals surface area contributed by atoms with E-state index in [2.05, 4.69) is 10.3 Å². The van der Waals surface area contributed by atoms with Crippen molar-refractivity contribution < 1.29 is 9.90 Å². The number of nitrogens with one attached hydrogen (secondary N) is 1. The zero-order valence-corrected chi connectivity index (χ0v) is 11.5. The zero-order valence-electron chi connectivity index (χ0n) is 10.8. The first-order chi connectivity index (χ1) is 9.00. The number of halogens is 1. The first kappa shape index (κ1) is 13.8. The van der Waals surface area contributed by atoms with Gasteiger partial charge in [-0.25, -0.2) is 4.98 Å². The number of carboxylic acid groups (broad SMARTS) is 1. The summed E-state index contributed by atoms with van der Waals surface area (Å²) in [5.74, 6) is -0.895. The van der Waals surface area contributed by atoms with Crippen molar-refractivity contribution in [2.24, 2.45) is 0 Å². The third-order valence-electron chi connectivity index (χ3n) is 3.09. The van der Waals surface area contributed by atoms with Crippen LogP contribution >= 0.6 is 11.6 Å². The maximum Gasteiger partial charge on any atom is 0.320 e. The molecule has 1 aromatic carbocycles. The van der Waals surface area contributed by atoms with Gasteiger partial charge in [0.25, 0.3) is 0 Å². The van der Waals surface area contributed by atoms with Crippen LogP contribution in [0.15, 0.2) is 24.3 Å². The van der Waals surface area contributed by atoms with E-state index in [1.807, 2.05) is 31.2 Å². The van der Waals surface area contributed by atoms with E-state index in [0.29, 0.717) is 17.3 Å². The van der Waals surface area contributed by atoms with E-state index in [1.165, 1.54) is 0 Å². The second-order valence-corrected chi connectivity index (χ2v) is 4.83. The number of aryl methyl sites for hydroxylation is 1. The van der Waals surface area contributed by atoms with E-state index in [1.54, 1.807) is 6.92 Å². The quantitative estimate of drug-likeness (QED) is 0.903. The second kappa shape index (κ2) is 5.55. The van der Waals surface area contributed by atoms with Gasteiger partial charge in [-0.2, -0.15) is 0 Å². The first-order valence-electron chi connectivity index (χ1n) is 6.00. The zero-order chi connectivity index (χ0) is 14.0. The normalized spacial score (nSPS) is 12.6. The molecule has 0 saturated carbocycles. The van der Waals surface area contributed by atoms with Gasteiger partial charge < -0.3 is 5.11 Å². The van der Waals surface area contributed by atoms with E-state index in [0.717, 1.165) is 16.5 Å². The smallest absolute Gasteiger partial charge is 0.320 e. The number of rotatable bonds is 4. The molecule has 2 aromatic rings.